The van der Waals surface area contributed by atoms with Crippen molar-refractivity contribution in [3.05, 3.63) is 0 Å². The van der Waals surface area contributed by atoms with Gasteiger partial charge in [0.1, 0.15) is 15.9 Å². The van der Waals surface area contributed by atoms with Crippen molar-refractivity contribution in [2.75, 3.05) is 39.3 Å². The van der Waals surface area contributed by atoms with E-state index in [1.165, 1.54) is 13.4 Å². The standard InChI is InChI=1S/C8H18N2O4S/c1-10(4-5-15(3,12)13)6-7(9)8(11)14-2/h7H,4-6,9H2,1-3H3. The highest BCUT2D eigenvalue weighted by Gasteiger charge is 2.16. The number of sulfone groups is 1. The monoisotopic (exact) mass is 238 g/mol. The van der Waals surface area contributed by atoms with Crippen LogP contribution in [0.5, 0.6) is 0 Å². The molecule has 0 aromatic rings. The molecule has 0 saturated heterocycles. The Morgan fingerprint density at radius 3 is 2.47 bits per heavy atom. The fraction of sp³-hybridized carbons (Fsp3) is 0.875. The molecule has 0 amide bonds. The Labute approximate surface area is 90.3 Å². The fourth-order valence-corrected chi connectivity index (χ4v) is 1.62. The number of nitrogens with zero attached hydrogens (tertiary/aromatic N) is 1. The van der Waals surface area contributed by atoms with E-state index in [1.54, 1.807) is 11.9 Å². The summed E-state index contributed by atoms with van der Waals surface area (Å²) in [7, 11) is -0.0145. The van der Waals surface area contributed by atoms with E-state index in [0.29, 0.717) is 6.54 Å². The van der Waals surface area contributed by atoms with Gasteiger partial charge in [0, 0.05) is 19.3 Å². The van der Waals surface area contributed by atoms with E-state index in [9.17, 15) is 13.2 Å². The van der Waals surface area contributed by atoms with E-state index in [0.717, 1.165) is 0 Å². The normalized spacial score (nSPS) is 13.9. The maximum atomic E-state index is 11.0. The van der Waals surface area contributed by atoms with Gasteiger partial charge < -0.3 is 15.4 Å². The predicted molar refractivity (Wildman–Crippen MR) is 57.2 cm³/mol. The number of nitrogens with two attached hydrogens (primary N) is 1. The minimum absolute atomic E-state index is 0.0530. The summed E-state index contributed by atoms with van der Waals surface area (Å²) >= 11 is 0. The Balaban J connectivity index is 3.94. The molecular weight excluding hydrogens is 220 g/mol. The third-order valence-electron chi connectivity index (χ3n) is 1.86. The number of rotatable bonds is 6. The lowest BCUT2D eigenvalue weighted by Gasteiger charge is -2.19. The molecule has 7 heteroatoms. The Kier molecular flexibility index (Phi) is 5.77. The van der Waals surface area contributed by atoms with Crippen LogP contribution in [0.2, 0.25) is 0 Å². The first kappa shape index (κ1) is 14.3. The van der Waals surface area contributed by atoms with Crippen LogP contribution in [-0.2, 0) is 19.4 Å². The molecule has 2 N–H and O–H groups in total. The number of likely N-dealkylation sites (N-methyl/N-ethyl adjacent to an activating group) is 1. The van der Waals surface area contributed by atoms with Crippen LogP contribution in [0.25, 0.3) is 0 Å². The second-order valence-electron chi connectivity index (χ2n) is 3.52. The SMILES string of the molecule is COC(=O)C(N)CN(C)CCS(C)(=O)=O. The molecule has 0 aliphatic heterocycles. The Hall–Kier alpha value is -0.660. The molecule has 0 aromatic heterocycles. The van der Waals surface area contributed by atoms with E-state index in [1.807, 2.05) is 0 Å². The number of methoxy groups -OCH3 is 1. The maximum Gasteiger partial charge on any atom is 0.323 e. The van der Waals surface area contributed by atoms with Gasteiger partial charge in [-0.25, -0.2) is 8.42 Å². The molecule has 0 rings (SSSR count). The third-order valence-corrected chi connectivity index (χ3v) is 2.78. The first-order chi connectivity index (χ1) is 6.76. The summed E-state index contributed by atoms with van der Waals surface area (Å²) in [6.07, 6.45) is 1.17. The fourth-order valence-electron chi connectivity index (χ4n) is 0.975. The summed E-state index contributed by atoms with van der Waals surface area (Å²) in [5, 5.41) is 0. The lowest BCUT2D eigenvalue weighted by atomic mass is 10.3. The first-order valence-electron chi connectivity index (χ1n) is 4.46. The van der Waals surface area contributed by atoms with Gasteiger partial charge in [0.05, 0.1) is 12.9 Å². The van der Waals surface area contributed by atoms with Crippen molar-refractivity contribution < 1.29 is 17.9 Å². The molecule has 1 unspecified atom stereocenters. The summed E-state index contributed by atoms with van der Waals surface area (Å²) in [6, 6.07) is -0.737. The van der Waals surface area contributed by atoms with Gasteiger partial charge in [-0.3, -0.25) is 4.79 Å². The zero-order chi connectivity index (χ0) is 12.1. The van der Waals surface area contributed by atoms with Crippen molar-refractivity contribution in [2.24, 2.45) is 5.73 Å². The van der Waals surface area contributed by atoms with Gasteiger partial charge >= 0.3 is 5.97 Å². The summed E-state index contributed by atoms with van der Waals surface area (Å²) in [5.41, 5.74) is 5.50. The topological polar surface area (TPSA) is 89.7 Å². The van der Waals surface area contributed by atoms with Crippen LogP contribution in [0.4, 0.5) is 0 Å². The average molecular weight is 238 g/mol. The van der Waals surface area contributed by atoms with Gasteiger partial charge in [0.2, 0.25) is 0 Å². The number of hydrogen-bond donors (Lipinski definition) is 1. The average Bonchev–Trinajstić information content (AvgIpc) is 2.12. The van der Waals surface area contributed by atoms with Gasteiger partial charge in [0.15, 0.2) is 0 Å². The van der Waals surface area contributed by atoms with Crippen molar-refractivity contribution in [3.63, 3.8) is 0 Å². The second-order valence-corrected chi connectivity index (χ2v) is 5.78. The number of hydrogen-bond acceptors (Lipinski definition) is 6. The van der Waals surface area contributed by atoms with Gasteiger partial charge in [-0.05, 0) is 7.05 Å². The molecule has 15 heavy (non-hydrogen) atoms. The molecule has 1 atom stereocenters. The molecule has 0 radical (unpaired) electrons. The molecule has 0 aromatic carbocycles. The van der Waals surface area contributed by atoms with Crippen LogP contribution in [0.1, 0.15) is 0 Å². The molecule has 90 valence electrons. The van der Waals surface area contributed by atoms with Gasteiger partial charge in [-0.15, -0.1) is 0 Å². The molecule has 0 aliphatic rings. The molecule has 0 heterocycles. The van der Waals surface area contributed by atoms with Crippen molar-refractivity contribution in [1.29, 1.82) is 0 Å². The van der Waals surface area contributed by atoms with Gasteiger partial charge in [-0.1, -0.05) is 0 Å². The zero-order valence-corrected chi connectivity index (χ0v) is 10.1. The Morgan fingerprint density at radius 2 is 2.07 bits per heavy atom. The lowest BCUT2D eigenvalue weighted by molar-refractivity contribution is -0.142. The second kappa shape index (κ2) is 6.04. The summed E-state index contributed by atoms with van der Waals surface area (Å²) in [4.78, 5) is 12.6. The van der Waals surface area contributed by atoms with E-state index >= 15 is 0 Å². The Bertz CT molecular complexity index is 302. The molecule has 0 saturated carbocycles. The number of ether oxygens (including phenoxy) is 1. The van der Waals surface area contributed by atoms with Crippen molar-refractivity contribution >= 4 is 15.8 Å². The van der Waals surface area contributed by atoms with Crippen LogP contribution in [0.3, 0.4) is 0 Å². The van der Waals surface area contributed by atoms with Crippen molar-refractivity contribution in [3.8, 4) is 0 Å². The first-order valence-corrected chi connectivity index (χ1v) is 6.52. The van der Waals surface area contributed by atoms with Crippen LogP contribution >= 0.6 is 0 Å². The number of carbonyl (C=O) groups is 1. The summed E-state index contributed by atoms with van der Waals surface area (Å²) in [5.74, 6) is -0.446. The summed E-state index contributed by atoms with van der Waals surface area (Å²) in [6.45, 7) is 0.631. The highest BCUT2D eigenvalue weighted by Crippen LogP contribution is 1.91. The van der Waals surface area contributed by atoms with Crippen LogP contribution in [0.15, 0.2) is 0 Å². The largest absolute Gasteiger partial charge is 0.468 e. The smallest absolute Gasteiger partial charge is 0.323 e. The maximum absolute atomic E-state index is 11.0. The van der Waals surface area contributed by atoms with Crippen molar-refractivity contribution in [1.82, 2.24) is 4.90 Å². The van der Waals surface area contributed by atoms with Gasteiger partial charge in [-0.2, -0.15) is 0 Å². The molecule has 0 aliphatic carbocycles. The zero-order valence-electron chi connectivity index (χ0n) is 9.26. The highest BCUT2D eigenvalue weighted by molar-refractivity contribution is 7.90. The van der Waals surface area contributed by atoms with Crippen molar-refractivity contribution in [2.45, 2.75) is 6.04 Å². The van der Waals surface area contributed by atoms with Crippen LogP contribution < -0.4 is 5.73 Å². The summed E-state index contributed by atoms with van der Waals surface area (Å²) < 4.78 is 26.2. The number of esters is 1. The van der Waals surface area contributed by atoms with E-state index in [4.69, 9.17) is 5.73 Å². The Morgan fingerprint density at radius 1 is 1.53 bits per heavy atom. The van der Waals surface area contributed by atoms with E-state index in [-0.39, 0.29) is 12.3 Å². The van der Waals surface area contributed by atoms with E-state index in [2.05, 4.69) is 4.74 Å². The highest BCUT2D eigenvalue weighted by atomic mass is 32.2. The molecule has 0 bridgehead atoms. The molecule has 0 fully saturated rings. The molecule has 6 nitrogen and oxygen atoms in total. The van der Waals surface area contributed by atoms with Crippen LogP contribution in [0, 0.1) is 0 Å². The third kappa shape index (κ3) is 7.29. The lowest BCUT2D eigenvalue weighted by Crippen LogP contribution is -2.43. The van der Waals surface area contributed by atoms with Crippen LogP contribution in [-0.4, -0.2) is 64.6 Å². The number of carbonyl (C=O) groups excluding carboxylic acids is 1. The van der Waals surface area contributed by atoms with E-state index < -0.39 is 21.8 Å². The molecular formula is C8H18N2O4S. The minimum Gasteiger partial charge on any atom is -0.468 e. The molecule has 0 spiro atoms. The quantitative estimate of drug-likeness (QED) is 0.564. The van der Waals surface area contributed by atoms with Gasteiger partial charge in [0.25, 0.3) is 0 Å². The predicted octanol–water partition coefficient (Wildman–Crippen LogP) is -1.54. The minimum atomic E-state index is -2.98.